The summed E-state index contributed by atoms with van der Waals surface area (Å²) in [4.78, 5) is 4.58. The Hall–Kier alpha value is -0.440. The number of thioether (sulfide) groups is 1. The zero-order valence-electron chi connectivity index (χ0n) is 15.4. The molecule has 0 spiro atoms. The third-order valence-corrected chi connectivity index (χ3v) is 4.48. The van der Waals surface area contributed by atoms with Gasteiger partial charge in [0.05, 0.1) is 5.69 Å². The first-order valence-electron chi connectivity index (χ1n) is 8.71. The van der Waals surface area contributed by atoms with Gasteiger partial charge in [-0.25, -0.2) is 4.99 Å². The molecule has 0 aliphatic rings. The highest BCUT2D eigenvalue weighted by Gasteiger charge is 2.12. The highest BCUT2D eigenvalue weighted by Crippen LogP contribution is 2.22. The largest absolute Gasteiger partial charge is 0.359 e. The van der Waals surface area contributed by atoms with Crippen LogP contribution >= 0.6 is 35.7 Å². The molecule has 0 radical (unpaired) electrons. The molecule has 2 N–H and O–H groups in total. The van der Waals surface area contributed by atoms with Gasteiger partial charge in [0.15, 0.2) is 11.7 Å². The summed E-state index contributed by atoms with van der Waals surface area (Å²) >= 11 is 1.89. The molecule has 1 rings (SSSR count). The van der Waals surface area contributed by atoms with Crippen molar-refractivity contribution in [2.75, 3.05) is 25.1 Å². The Kier molecular flexibility index (Phi) is 14.6. The number of hydrogen-bond donors (Lipinski definition) is 2. The quantitative estimate of drug-likeness (QED) is 0.218. The smallest absolute Gasteiger partial charge is 0.191 e. The van der Waals surface area contributed by atoms with Crippen LogP contribution in [0.1, 0.15) is 63.8 Å². The first-order chi connectivity index (χ1) is 11.2. The molecule has 0 aliphatic heterocycles. The molecule has 0 amide bonds. The molecule has 1 aromatic rings. The van der Waals surface area contributed by atoms with E-state index in [9.17, 15) is 0 Å². The maximum Gasteiger partial charge on any atom is 0.191 e. The van der Waals surface area contributed by atoms with Crippen molar-refractivity contribution in [2.24, 2.45) is 4.99 Å². The second-order valence-electron chi connectivity index (χ2n) is 5.55. The second-order valence-corrected chi connectivity index (χ2v) is 6.54. The average molecular weight is 468 g/mol. The van der Waals surface area contributed by atoms with Crippen molar-refractivity contribution >= 4 is 41.7 Å². The third kappa shape index (κ3) is 9.15. The predicted molar refractivity (Wildman–Crippen MR) is 116 cm³/mol. The summed E-state index contributed by atoms with van der Waals surface area (Å²) in [5.41, 5.74) is 1.05. The normalized spacial score (nSPS) is 11.5. The van der Waals surface area contributed by atoms with Crippen LogP contribution in [0.4, 0.5) is 0 Å². The van der Waals surface area contributed by atoms with E-state index in [0.29, 0.717) is 12.5 Å². The Labute approximate surface area is 168 Å². The summed E-state index contributed by atoms with van der Waals surface area (Å²) in [6.45, 7) is 8.77. The van der Waals surface area contributed by atoms with Crippen LogP contribution in [0.2, 0.25) is 0 Å². The molecule has 0 aromatic carbocycles. The van der Waals surface area contributed by atoms with E-state index >= 15 is 0 Å². The van der Waals surface area contributed by atoms with Gasteiger partial charge in [0.1, 0.15) is 6.54 Å². The molecule has 7 heteroatoms. The van der Waals surface area contributed by atoms with Gasteiger partial charge in [-0.2, -0.15) is 11.8 Å². The van der Waals surface area contributed by atoms with Gasteiger partial charge in [-0.3, -0.25) is 0 Å². The molecule has 1 aromatic heterocycles. The summed E-state index contributed by atoms with van der Waals surface area (Å²) in [6, 6.07) is 2.04. The van der Waals surface area contributed by atoms with Crippen LogP contribution < -0.4 is 10.6 Å². The van der Waals surface area contributed by atoms with Crippen molar-refractivity contribution in [3.05, 3.63) is 17.5 Å². The molecule has 0 unspecified atom stereocenters. The zero-order chi connectivity index (χ0) is 16.9. The van der Waals surface area contributed by atoms with Crippen molar-refractivity contribution in [3.63, 3.8) is 0 Å². The molecule has 5 nitrogen and oxygen atoms in total. The summed E-state index contributed by atoms with van der Waals surface area (Å²) in [7, 11) is 0. The predicted octanol–water partition coefficient (Wildman–Crippen LogP) is 4.39. The summed E-state index contributed by atoms with van der Waals surface area (Å²) in [5.74, 6) is 3.37. The lowest BCUT2D eigenvalue weighted by molar-refractivity contribution is 0.372. The highest BCUT2D eigenvalue weighted by atomic mass is 127. The number of halogens is 1. The first kappa shape index (κ1) is 23.6. The SMILES string of the molecule is CCNC(=NCc1cc(C(CC)CC)no1)NCCCCSC.I. The fraction of sp³-hybridized carbons (Fsp3) is 0.765. The van der Waals surface area contributed by atoms with Crippen LogP contribution in [0.5, 0.6) is 0 Å². The Balaban J connectivity index is 0.00000529. The average Bonchev–Trinajstić information content (AvgIpc) is 3.02. The van der Waals surface area contributed by atoms with Gasteiger partial charge >= 0.3 is 0 Å². The minimum absolute atomic E-state index is 0. The monoisotopic (exact) mass is 468 g/mol. The number of guanidine groups is 1. The first-order valence-corrected chi connectivity index (χ1v) is 10.1. The number of nitrogens with zero attached hydrogens (tertiary/aromatic N) is 2. The van der Waals surface area contributed by atoms with Gasteiger partial charge in [-0.05, 0) is 44.6 Å². The third-order valence-electron chi connectivity index (χ3n) is 3.79. The molecule has 24 heavy (non-hydrogen) atoms. The van der Waals surface area contributed by atoms with E-state index in [2.05, 4.69) is 47.8 Å². The standard InChI is InChI=1S/C17H32N4OS.HI/c1-5-14(6-2)16-12-15(22-21-16)13-20-17(18-7-3)19-10-8-9-11-23-4;/h12,14H,5-11,13H2,1-4H3,(H2,18,19,20);1H. The van der Waals surface area contributed by atoms with E-state index < -0.39 is 0 Å². The van der Waals surface area contributed by atoms with E-state index in [1.165, 1.54) is 12.2 Å². The maximum atomic E-state index is 5.42. The maximum absolute atomic E-state index is 5.42. The van der Waals surface area contributed by atoms with E-state index in [4.69, 9.17) is 4.52 Å². The van der Waals surface area contributed by atoms with Gasteiger partial charge in [0.25, 0.3) is 0 Å². The summed E-state index contributed by atoms with van der Waals surface area (Å²) < 4.78 is 5.42. The number of hydrogen-bond acceptors (Lipinski definition) is 4. The van der Waals surface area contributed by atoms with E-state index in [1.807, 2.05) is 17.8 Å². The lowest BCUT2D eigenvalue weighted by Crippen LogP contribution is -2.37. The molecule has 0 atom stereocenters. The lowest BCUT2D eigenvalue weighted by Gasteiger charge is -2.10. The van der Waals surface area contributed by atoms with Crippen LogP contribution in [0.3, 0.4) is 0 Å². The lowest BCUT2D eigenvalue weighted by atomic mass is 9.99. The fourth-order valence-corrected chi connectivity index (χ4v) is 2.87. The molecule has 140 valence electrons. The molecular formula is C17H33IN4OS. The highest BCUT2D eigenvalue weighted by molar-refractivity contribution is 14.0. The van der Waals surface area contributed by atoms with E-state index in [1.54, 1.807) is 0 Å². The molecule has 0 saturated carbocycles. The van der Waals surface area contributed by atoms with Crippen LogP contribution in [-0.2, 0) is 6.54 Å². The molecule has 0 fully saturated rings. The fourth-order valence-electron chi connectivity index (χ4n) is 2.38. The zero-order valence-corrected chi connectivity index (χ0v) is 18.6. The van der Waals surface area contributed by atoms with Gasteiger partial charge < -0.3 is 15.2 Å². The van der Waals surface area contributed by atoms with Crippen LogP contribution in [0.25, 0.3) is 0 Å². The van der Waals surface area contributed by atoms with E-state index in [-0.39, 0.29) is 24.0 Å². The minimum atomic E-state index is 0. The number of aliphatic imine (C=N–C) groups is 1. The van der Waals surface area contributed by atoms with Crippen molar-refractivity contribution in [3.8, 4) is 0 Å². The van der Waals surface area contributed by atoms with Crippen molar-refractivity contribution in [1.29, 1.82) is 0 Å². The van der Waals surface area contributed by atoms with Crippen LogP contribution in [0, 0.1) is 0 Å². The molecule has 0 aliphatic carbocycles. The number of aromatic nitrogens is 1. The number of unbranched alkanes of at least 4 members (excludes halogenated alkanes) is 1. The summed E-state index contributed by atoms with van der Waals surface area (Å²) in [6.07, 6.45) is 6.71. The van der Waals surface area contributed by atoms with Crippen LogP contribution in [-0.4, -0.2) is 36.2 Å². The van der Waals surface area contributed by atoms with Crippen molar-refractivity contribution in [2.45, 2.75) is 58.9 Å². The van der Waals surface area contributed by atoms with Gasteiger partial charge in [-0.15, -0.1) is 24.0 Å². The summed E-state index contributed by atoms with van der Waals surface area (Å²) in [5, 5.41) is 10.8. The topological polar surface area (TPSA) is 62.5 Å². The Morgan fingerprint density at radius 2 is 2.00 bits per heavy atom. The number of rotatable bonds is 11. The second kappa shape index (κ2) is 14.9. The Morgan fingerprint density at radius 1 is 1.25 bits per heavy atom. The molecule has 1 heterocycles. The number of nitrogens with one attached hydrogen (secondary N) is 2. The minimum Gasteiger partial charge on any atom is -0.359 e. The molecule has 0 saturated heterocycles. The van der Waals surface area contributed by atoms with Gasteiger partial charge in [0.2, 0.25) is 0 Å². The van der Waals surface area contributed by atoms with Gasteiger partial charge in [0, 0.05) is 25.1 Å². The van der Waals surface area contributed by atoms with Crippen molar-refractivity contribution < 1.29 is 4.52 Å². The van der Waals surface area contributed by atoms with Gasteiger partial charge in [-0.1, -0.05) is 19.0 Å². The van der Waals surface area contributed by atoms with Crippen molar-refractivity contribution in [1.82, 2.24) is 15.8 Å². The molecular weight excluding hydrogens is 435 g/mol. The Bertz CT molecular complexity index is 450. The molecule has 0 bridgehead atoms. The Morgan fingerprint density at radius 3 is 2.62 bits per heavy atom. The van der Waals surface area contributed by atoms with E-state index in [0.717, 1.165) is 49.8 Å². The van der Waals surface area contributed by atoms with Crippen LogP contribution in [0.15, 0.2) is 15.6 Å².